The van der Waals surface area contributed by atoms with Gasteiger partial charge in [-0.15, -0.1) is 0 Å². The molecule has 6 heteroatoms. The van der Waals surface area contributed by atoms with Gasteiger partial charge in [-0.3, -0.25) is 9.78 Å². The second kappa shape index (κ2) is 8.26. The Morgan fingerprint density at radius 2 is 1.68 bits per heavy atom. The topological polar surface area (TPSA) is 79.8 Å². The lowest BCUT2D eigenvalue weighted by molar-refractivity contribution is 0.0955. The monoisotopic (exact) mass is 369 g/mol. The first kappa shape index (κ1) is 17.6. The number of benzene rings is 2. The first-order valence-electron chi connectivity index (χ1n) is 9.05. The number of para-hydroxylation sites is 1. The van der Waals surface area contributed by atoms with Crippen molar-refractivity contribution in [1.82, 2.24) is 20.3 Å². The average molecular weight is 369 g/mol. The van der Waals surface area contributed by atoms with Crippen molar-refractivity contribution < 1.29 is 4.79 Å². The van der Waals surface area contributed by atoms with Gasteiger partial charge in [0.25, 0.3) is 5.91 Å². The van der Waals surface area contributed by atoms with Gasteiger partial charge in [0.2, 0.25) is 0 Å². The third kappa shape index (κ3) is 3.96. The van der Waals surface area contributed by atoms with Crippen LogP contribution in [0.3, 0.4) is 0 Å². The van der Waals surface area contributed by atoms with Crippen molar-refractivity contribution in [3.05, 3.63) is 84.7 Å². The molecule has 2 heterocycles. The maximum absolute atomic E-state index is 12.1. The molecule has 0 spiro atoms. The highest BCUT2D eigenvalue weighted by atomic mass is 16.1. The first-order chi connectivity index (χ1) is 13.8. The van der Waals surface area contributed by atoms with E-state index in [1.165, 1.54) is 0 Å². The Morgan fingerprint density at radius 3 is 2.50 bits per heavy atom. The summed E-state index contributed by atoms with van der Waals surface area (Å²) in [4.78, 5) is 25.6. The minimum atomic E-state index is -0.0917. The van der Waals surface area contributed by atoms with Crippen LogP contribution in [0.1, 0.15) is 10.4 Å². The highest BCUT2D eigenvalue weighted by Crippen LogP contribution is 2.24. The smallest absolute Gasteiger partial charge is 0.251 e. The second-order valence-electron chi connectivity index (χ2n) is 6.20. The van der Waals surface area contributed by atoms with Crippen LogP contribution in [0, 0.1) is 0 Å². The highest BCUT2D eigenvalue weighted by Gasteiger charge is 2.09. The van der Waals surface area contributed by atoms with E-state index in [-0.39, 0.29) is 5.91 Å². The van der Waals surface area contributed by atoms with Crippen molar-refractivity contribution in [2.24, 2.45) is 0 Å². The van der Waals surface area contributed by atoms with Gasteiger partial charge in [0.05, 0.1) is 5.52 Å². The lowest BCUT2D eigenvalue weighted by atomic mass is 10.2. The SMILES string of the molecule is O=C(NCCNc1nc(-c2cccnc2)nc2ccccc12)c1ccccc1. The maximum Gasteiger partial charge on any atom is 0.251 e. The van der Waals surface area contributed by atoms with Crippen LogP contribution in [0.5, 0.6) is 0 Å². The molecular weight excluding hydrogens is 350 g/mol. The average Bonchev–Trinajstić information content (AvgIpc) is 2.77. The Labute approximate surface area is 162 Å². The summed E-state index contributed by atoms with van der Waals surface area (Å²) in [5, 5.41) is 7.16. The number of hydrogen-bond acceptors (Lipinski definition) is 5. The number of amides is 1. The fraction of sp³-hybridized carbons (Fsp3) is 0.0909. The minimum Gasteiger partial charge on any atom is -0.368 e. The van der Waals surface area contributed by atoms with E-state index in [1.807, 2.05) is 54.6 Å². The molecule has 138 valence electrons. The van der Waals surface area contributed by atoms with Gasteiger partial charge in [-0.2, -0.15) is 0 Å². The first-order valence-corrected chi connectivity index (χ1v) is 9.05. The van der Waals surface area contributed by atoms with Crippen molar-refractivity contribution in [3.63, 3.8) is 0 Å². The van der Waals surface area contributed by atoms with E-state index in [1.54, 1.807) is 24.5 Å². The molecule has 28 heavy (non-hydrogen) atoms. The molecule has 1 amide bonds. The third-order valence-electron chi connectivity index (χ3n) is 4.26. The summed E-state index contributed by atoms with van der Waals surface area (Å²) in [6.45, 7) is 1.03. The quantitative estimate of drug-likeness (QED) is 0.508. The van der Waals surface area contributed by atoms with Crippen LogP contribution in [-0.4, -0.2) is 33.9 Å². The predicted octanol–water partition coefficient (Wildman–Crippen LogP) is 3.53. The molecule has 2 N–H and O–H groups in total. The van der Waals surface area contributed by atoms with Crippen molar-refractivity contribution in [2.75, 3.05) is 18.4 Å². The Hall–Kier alpha value is -3.80. The predicted molar refractivity (Wildman–Crippen MR) is 110 cm³/mol. The number of anilines is 1. The summed E-state index contributed by atoms with van der Waals surface area (Å²) in [6, 6.07) is 20.8. The number of aromatic nitrogens is 3. The van der Waals surface area contributed by atoms with E-state index in [0.29, 0.717) is 24.5 Å². The molecule has 0 bridgehead atoms. The fourth-order valence-corrected chi connectivity index (χ4v) is 2.88. The van der Waals surface area contributed by atoms with Crippen LogP contribution in [-0.2, 0) is 0 Å². The zero-order valence-electron chi connectivity index (χ0n) is 15.2. The van der Waals surface area contributed by atoms with Crippen LogP contribution in [0.15, 0.2) is 79.1 Å². The molecule has 0 aliphatic carbocycles. The van der Waals surface area contributed by atoms with E-state index in [9.17, 15) is 4.79 Å². The summed E-state index contributed by atoms with van der Waals surface area (Å²) >= 11 is 0. The van der Waals surface area contributed by atoms with Gasteiger partial charge in [0.1, 0.15) is 5.82 Å². The number of hydrogen-bond donors (Lipinski definition) is 2. The van der Waals surface area contributed by atoms with Crippen LogP contribution >= 0.6 is 0 Å². The van der Waals surface area contributed by atoms with E-state index in [2.05, 4.69) is 25.6 Å². The molecule has 4 rings (SSSR count). The van der Waals surface area contributed by atoms with E-state index < -0.39 is 0 Å². The zero-order valence-corrected chi connectivity index (χ0v) is 15.2. The zero-order chi connectivity index (χ0) is 19.2. The van der Waals surface area contributed by atoms with Gasteiger partial charge in [-0.25, -0.2) is 9.97 Å². The number of fused-ring (bicyclic) bond motifs is 1. The molecule has 0 atom stereocenters. The van der Waals surface area contributed by atoms with Gasteiger partial charge >= 0.3 is 0 Å². The largest absolute Gasteiger partial charge is 0.368 e. The van der Waals surface area contributed by atoms with Crippen LogP contribution < -0.4 is 10.6 Å². The number of pyridine rings is 1. The van der Waals surface area contributed by atoms with Gasteiger partial charge in [-0.1, -0.05) is 30.3 Å². The second-order valence-corrected chi connectivity index (χ2v) is 6.20. The minimum absolute atomic E-state index is 0.0917. The van der Waals surface area contributed by atoms with Gasteiger partial charge < -0.3 is 10.6 Å². The van der Waals surface area contributed by atoms with Crippen LogP contribution in [0.2, 0.25) is 0 Å². The van der Waals surface area contributed by atoms with Gasteiger partial charge in [-0.05, 0) is 36.4 Å². The summed E-state index contributed by atoms with van der Waals surface area (Å²) in [5.41, 5.74) is 2.36. The van der Waals surface area contributed by atoms with E-state index in [0.717, 1.165) is 22.3 Å². The number of carbonyl (C=O) groups is 1. The Balaban J connectivity index is 1.49. The van der Waals surface area contributed by atoms with Gasteiger partial charge in [0.15, 0.2) is 5.82 Å². The molecule has 0 unspecified atom stereocenters. The van der Waals surface area contributed by atoms with E-state index in [4.69, 9.17) is 0 Å². The lowest BCUT2D eigenvalue weighted by Gasteiger charge is -2.11. The molecule has 2 aromatic carbocycles. The summed E-state index contributed by atoms with van der Waals surface area (Å²) in [6.07, 6.45) is 3.47. The number of nitrogens with zero attached hydrogens (tertiary/aromatic N) is 3. The molecule has 0 aliphatic rings. The summed E-state index contributed by atoms with van der Waals surface area (Å²) in [7, 11) is 0. The standard InChI is InChI=1S/C22H19N5O/c28-22(16-7-2-1-3-8-16)25-14-13-24-21-18-10-4-5-11-19(18)26-20(27-21)17-9-6-12-23-15-17/h1-12,15H,13-14H2,(H,25,28)(H,24,26,27). The van der Waals surface area contributed by atoms with Crippen molar-refractivity contribution in [2.45, 2.75) is 0 Å². The lowest BCUT2D eigenvalue weighted by Crippen LogP contribution is -2.28. The normalized spacial score (nSPS) is 10.6. The number of nitrogens with one attached hydrogen (secondary N) is 2. The fourth-order valence-electron chi connectivity index (χ4n) is 2.88. The number of rotatable bonds is 6. The molecule has 4 aromatic rings. The van der Waals surface area contributed by atoms with Gasteiger partial charge in [0, 0.05) is 42.0 Å². The number of carbonyl (C=O) groups excluding carboxylic acids is 1. The summed E-state index contributed by atoms with van der Waals surface area (Å²) < 4.78 is 0. The molecule has 0 radical (unpaired) electrons. The molecular formula is C22H19N5O. The molecule has 0 saturated carbocycles. The molecule has 0 aliphatic heterocycles. The molecule has 6 nitrogen and oxygen atoms in total. The van der Waals surface area contributed by atoms with Crippen LogP contribution in [0.25, 0.3) is 22.3 Å². The van der Waals surface area contributed by atoms with Crippen molar-refractivity contribution in [1.29, 1.82) is 0 Å². The Morgan fingerprint density at radius 1 is 0.857 bits per heavy atom. The van der Waals surface area contributed by atoms with Crippen molar-refractivity contribution in [3.8, 4) is 11.4 Å². The van der Waals surface area contributed by atoms with Crippen LogP contribution in [0.4, 0.5) is 5.82 Å². The summed E-state index contributed by atoms with van der Waals surface area (Å²) in [5.74, 6) is 1.26. The maximum atomic E-state index is 12.1. The highest BCUT2D eigenvalue weighted by molar-refractivity contribution is 5.94. The Kier molecular flexibility index (Phi) is 5.20. The molecule has 0 fully saturated rings. The Bertz CT molecular complexity index is 1080. The molecule has 0 saturated heterocycles. The van der Waals surface area contributed by atoms with Crippen molar-refractivity contribution >= 4 is 22.6 Å². The molecule has 2 aromatic heterocycles. The third-order valence-corrected chi connectivity index (χ3v) is 4.26. The van der Waals surface area contributed by atoms with E-state index >= 15 is 0 Å².